The van der Waals surface area contributed by atoms with Gasteiger partial charge in [-0.1, -0.05) is 28.9 Å². The topological polar surface area (TPSA) is 46.2 Å². The second kappa shape index (κ2) is 6.23. The highest BCUT2D eigenvalue weighted by atomic mass is 79.9. The largest absolute Gasteiger partial charge is 0.416 e. The minimum atomic E-state index is -4.56. The molecular weight excluding hydrogens is 347 g/mol. The van der Waals surface area contributed by atoms with Crippen LogP contribution >= 0.6 is 15.9 Å². The predicted octanol–water partition coefficient (Wildman–Crippen LogP) is 3.16. The van der Waals surface area contributed by atoms with Gasteiger partial charge in [0.25, 0.3) is 0 Å². The van der Waals surface area contributed by atoms with Gasteiger partial charge >= 0.3 is 6.18 Å². The van der Waals surface area contributed by atoms with Crippen LogP contribution in [0.1, 0.15) is 18.9 Å². The van der Waals surface area contributed by atoms with E-state index in [1.807, 2.05) is 0 Å². The van der Waals surface area contributed by atoms with E-state index in [4.69, 9.17) is 0 Å². The number of rotatable bonds is 5. The maximum Gasteiger partial charge on any atom is 0.416 e. The van der Waals surface area contributed by atoms with Crippen molar-refractivity contribution < 1.29 is 21.6 Å². The van der Waals surface area contributed by atoms with Crippen molar-refractivity contribution in [3.63, 3.8) is 0 Å². The molecule has 8 heteroatoms. The molecule has 0 aliphatic carbocycles. The standard InChI is InChI=1S/C11H13BrF3NO2S/c1-2-9(7-12)16-19(17,18)10-5-3-4-8(6-10)11(13,14)15/h3-6,9,16H,2,7H2,1H3. The lowest BCUT2D eigenvalue weighted by Gasteiger charge is -2.15. The van der Waals surface area contributed by atoms with Crippen LogP contribution in [0, 0.1) is 0 Å². The molecule has 1 rings (SSSR count). The molecule has 0 amide bonds. The van der Waals surface area contributed by atoms with Crippen molar-refractivity contribution in [2.24, 2.45) is 0 Å². The third kappa shape index (κ3) is 4.47. The van der Waals surface area contributed by atoms with Gasteiger partial charge in [-0.3, -0.25) is 0 Å². The van der Waals surface area contributed by atoms with Gasteiger partial charge in [0, 0.05) is 11.4 Å². The van der Waals surface area contributed by atoms with Crippen LogP contribution in [0.2, 0.25) is 0 Å². The maximum absolute atomic E-state index is 12.5. The monoisotopic (exact) mass is 359 g/mol. The van der Waals surface area contributed by atoms with Gasteiger partial charge in [0.05, 0.1) is 10.5 Å². The SMILES string of the molecule is CCC(CBr)NS(=O)(=O)c1cccc(C(F)(F)F)c1. The quantitative estimate of drug-likeness (QED) is 0.820. The van der Waals surface area contributed by atoms with Crippen molar-refractivity contribution in [2.75, 3.05) is 5.33 Å². The van der Waals surface area contributed by atoms with E-state index in [1.54, 1.807) is 6.92 Å². The second-order valence-corrected chi connectivity index (χ2v) is 6.27. The van der Waals surface area contributed by atoms with E-state index in [2.05, 4.69) is 20.7 Å². The van der Waals surface area contributed by atoms with E-state index in [0.29, 0.717) is 17.8 Å². The summed E-state index contributed by atoms with van der Waals surface area (Å²) in [4.78, 5) is -0.387. The lowest BCUT2D eigenvalue weighted by atomic mass is 10.2. The molecule has 0 aromatic heterocycles. The molecule has 0 bridgehead atoms. The lowest BCUT2D eigenvalue weighted by Crippen LogP contribution is -2.35. The highest BCUT2D eigenvalue weighted by Crippen LogP contribution is 2.30. The summed E-state index contributed by atoms with van der Waals surface area (Å²) >= 11 is 3.14. The fourth-order valence-electron chi connectivity index (χ4n) is 1.35. The van der Waals surface area contributed by atoms with Crippen LogP contribution in [0.4, 0.5) is 13.2 Å². The first-order valence-corrected chi connectivity index (χ1v) is 8.06. The fourth-order valence-corrected chi connectivity index (χ4v) is 3.55. The van der Waals surface area contributed by atoms with Crippen molar-refractivity contribution in [3.05, 3.63) is 29.8 Å². The molecule has 1 unspecified atom stereocenters. The molecule has 3 nitrogen and oxygen atoms in total. The minimum Gasteiger partial charge on any atom is -0.207 e. The number of hydrogen-bond acceptors (Lipinski definition) is 2. The van der Waals surface area contributed by atoms with Crippen LogP contribution in [0.3, 0.4) is 0 Å². The first kappa shape index (κ1) is 16.5. The second-order valence-electron chi connectivity index (χ2n) is 3.91. The molecule has 0 heterocycles. The highest BCUT2D eigenvalue weighted by molar-refractivity contribution is 9.09. The van der Waals surface area contributed by atoms with Gasteiger partial charge in [0.2, 0.25) is 10.0 Å². The molecule has 1 aromatic carbocycles. The van der Waals surface area contributed by atoms with E-state index in [9.17, 15) is 21.6 Å². The Bertz CT molecular complexity index is 527. The number of alkyl halides is 4. The summed E-state index contributed by atoms with van der Waals surface area (Å²) in [5, 5.41) is 0.391. The smallest absolute Gasteiger partial charge is 0.207 e. The summed E-state index contributed by atoms with van der Waals surface area (Å²) in [7, 11) is -3.95. The Kier molecular flexibility index (Phi) is 5.40. The van der Waals surface area contributed by atoms with E-state index < -0.39 is 21.8 Å². The molecular formula is C11H13BrF3NO2S. The van der Waals surface area contributed by atoms with Crippen LogP contribution in [0.15, 0.2) is 29.2 Å². The minimum absolute atomic E-state index is 0.362. The van der Waals surface area contributed by atoms with Crippen LogP contribution < -0.4 is 4.72 Å². The molecule has 1 aromatic rings. The molecule has 0 spiro atoms. The average molecular weight is 360 g/mol. The first-order valence-electron chi connectivity index (χ1n) is 5.46. The molecule has 1 N–H and O–H groups in total. The van der Waals surface area contributed by atoms with Crippen molar-refractivity contribution in [3.8, 4) is 0 Å². The van der Waals surface area contributed by atoms with Crippen LogP contribution in [-0.2, 0) is 16.2 Å². The molecule has 1 atom stereocenters. The molecule has 0 aliphatic heterocycles. The molecule has 0 fully saturated rings. The zero-order valence-corrected chi connectivity index (χ0v) is 12.4. The van der Waals surface area contributed by atoms with E-state index >= 15 is 0 Å². The summed E-state index contributed by atoms with van der Waals surface area (Å²) in [5.41, 5.74) is -0.984. The third-order valence-electron chi connectivity index (χ3n) is 2.47. The lowest BCUT2D eigenvalue weighted by molar-refractivity contribution is -0.137. The van der Waals surface area contributed by atoms with E-state index in [1.165, 1.54) is 0 Å². The average Bonchev–Trinajstić information content (AvgIpc) is 2.35. The number of sulfonamides is 1. The summed E-state index contributed by atoms with van der Waals surface area (Å²) in [6.45, 7) is 1.78. The van der Waals surface area contributed by atoms with Crippen LogP contribution in [0.5, 0.6) is 0 Å². The van der Waals surface area contributed by atoms with E-state index in [-0.39, 0.29) is 10.9 Å². The number of hydrogen-bond donors (Lipinski definition) is 1. The summed E-state index contributed by atoms with van der Waals surface area (Å²) in [6.07, 6.45) is -4.03. The van der Waals surface area contributed by atoms with Gasteiger partial charge in [-0.2, -0.15) is 13.2 Å². The van der Waals surface area contributed by atoms with Crippen molar-refractivity contribution in [1.82, 2.24) is 4.72 Å². The van der Waals surface area contributed by atoms with Gasteiger partial charge < -0.3 is 0 Å². The van der Waals surface area contributed by atoms with Crippen molar-refractivity contribution >= 4 is 26.0 Å². The molecule has 0 radical (unpaired) electrons. The Balaban J connectivity index is 3.09. The molecule has 0 aliphatic rings. The highest BCUT2D eigenvalue weighted by Gasteiger charge is 2.31. The fraction of sp³-hybridized carbons (Fsp3) is 0.455. The molecule has 0 saturated heterocycles. The van der Waals surface area contributed by atoms with Crippen molar-refractivity contribution in [1.29, 1.82) is 0 Å². The van der Waals surface area contributed by atoms with Gasteiger partial charge in [0.15, 0.2) is 0 Å². The zero-order valence-electron chi connectivity index (χ0n) is 10.0. The normalized spacial score (nSPS) is 14.4. The van der Waals surface area contributed by atoms with Crippen LogP contribution in [0.25, 0.3) is 0 Å². The Labute approximate surface area is 118 Å². The summed E-state index contributed by atoms with van der Waals surface area (Å²) in [5.74, 6) is 0. The molecule has 108 valence electrons. The Morgan fingerprint density at radius 2 is 2.00 bits per heavy atom. The third-order valence-corrected chi connectivity index (χ3v) is 4.77. The number of nitrogens with one attached hydrogen (secondary N) is 1. The van der Waals surface area contributed by atoms with Gasteiger partial charge in [-0.15, -0.1) is 0 Å². The maximum atomic E-state index is 12.5. The Morgan fingerprint density at radius 1 is 1.37 bits per heavy atom. The van der Waals surface area contributed by atoms with E-state index in [0.717, 1.165) is 18.2 Å². The molecule has 19 heavy (non-hydrogen) atoms. The Morgan fingerprint density at radius 3 is 2.47 bits per heavy atom. The van der Waals surface area contributed by atoms with Crippen LogP contribution in [-0.4, -0.2) is 19.8 Å². The Hall–Kier alpha value is -0.600. The van der Waals surface area contributed by atoms with Gasteiger partial charge in [-0.05, 0) is 24.6 Å². The van der Waals surface area contributed by atoms with Gasteiger partial charge in [-0.25, -0.2) is 13.1 Å². The predicted molar refractivity (Wildman–Crippen MR) is 69.6 cm³/mol. The number of halogens is 4. The zero-order chi connectivity index (χ0) is 14.7. The summed E-state index contributed by atoms with van der Waals surface area (Å²) < 4.78 is 63.8. The number of benzene rings is 1. The van der Waals surface area contributed by atoms with Gasteiger partial charge in [0.1, 0.15) is 0 Å². The first-order chi connectivity index (χ1) is 8.70. The summed E-state index contributed by atoms with van der Waals surface area (Å²) in [6, 6.07) is 3.31. The molecule has 0 saturated carbocycles. The van der Waals surface area contributed by atoms with Crippen molar-refractivity contribution in [2.45, 2.75) is 30.5 Å².